The summed E-state index contributed by atoms with van der Waals surface area (Å²) in [6.07, 6.45) is 0. The molecule has 4 rings (SSSR count). The number of carboxylic acids is 1. The van der Waals surface area contributed by atoms with E-state index < -0.39 is 52.1 Å². The number of ether oxygens (including phenoxy) is 1. The predicted octanol–water partition coefficient (Wildman–Crippen LogP) is 1.34. The lowest BCUT2D eigenvalue weighted by Crippen LogP contribution is -2.71. The monoisotopic (exact) mass is 642 g/mol. The zero-order valence-corrected chi connectivity index (χ0v) is 25.7. The van der Waals surface area contributed by atoms with Gasteiger partial charge in [0, 0.05) is 23.0 Å². The van der Waals surface area contributed by atoms with Gasteiger partial charge in [-0.3, -0.25) is 14.5 Å². The van der Waals surface area contributed by atoms with Crippen LogP contribution in [0.15, 0.2) is 26.3 Å². The summed E-state index contributed by atoms with van der Waals surface area (Å²) in [5.41, 5.74) is 4.89. The average Bonchev–Trinajstić information content (AvgIpc) is 3.56. The minimum Gasteiger partial charge on any atom is -0.477 e. The minimum absolute atomic E-state index is 0.0517. The number of β-lactam (4-membered cyclic amide) rings is 1. The van der Waals surface area contributed by atoms with Crippen LogP contribution in [0.3, 0.4) is 0 Å². The van der Waals surface area contributed by atoms with Crippen LogP contribution >= 0.6 is 46.4 Å². The molecule has 0 radical (unpaired) electrons. The summed E-state index contributed by atoms with van der Waals surface area (Å²) in [4.78, 5) is 61.7. The van der Waals surface area contributed by atoms with Crippen LogP contribution in [0.25, 0.3) is 0 Å². The quantitative estimate of drug-likeness (QED) is 0.110. The number of anilines is 1. The van der Waals surface area contributed by atoms with Crippen LogP contribution in [0.4, 0.5) is 5.13 Å². The van der Waals surface area contributed by atoms with Gasteiger partial charge in [0.2, 0.25) is 17.1 Å². The maximum Gasteiger partial charge on any atom is 0.353 e. The van der Waals surface area contributed by atoms with E-state index in [1.807, 2.05) is 0 Å². The summed E-state index contributed by atoms with van der Waals surface area (Å²) in [5.74, 6) is -2.99. The van der Waals surface area contributed by atoms with Crippen LogP contribution in [0.1, 0.15) is 40.4 Å². The highest BCUT2D eigenvalue weighted by molar-refractivity contribution is 8.01. The van der Waals surface area contributed by atoms with Crippen molar-refractivity contribution >= 4 is 81.0 Å². The van der Waals surface area contributed by atoms with Gasteiger partial charge in [-0.15, -0.1) is 22.0 Å². The number of nitrogens with zero attached hydrogens (tertiary/aromatic N) is 6. The lowest BCUT2D eigenvalue weighted by atomic mass is 10.0. The highest BCUT2D eigenvalue weighted by atomic mass is 32.2. The Morgan fingerprint density at radius 3 is 2.61 bits per heavy atom. The highest BCUT2D eigenvalue weighted by Crippen LogP contribution is 2.41. The van der Waals surface area contributed by atoms with E-state index in [4.69, 9.17) is 15.3 Å². The first-order valence-corrected chi connectivity index (χ1v) is 15.6. The molecular weight excluding hydrogens is 617 g/mol. The average molecular weight is 643 g/mol. The number of esters is 1. The van der Waals surface area contributed by atoms with E-state index in [-0.39, 0.29) is 16.7 Å². The number of carbonyl (C=O) groups is 4. The summed E-state index contributed by atoms with van der Waals surface area (Å²) >= 11 is 4.78. The summed E-state index contributed by atoms with van der Waals surface area (Å²) in [6, 6.07) is -1.06. The van der Waals surface area contributed by atoms with Crippen molar-refractivity contribution in [3.63, 3.8) is 0 Å². The molecule has 0 bridgehead atoms. The van der Waals surface area contributed by atoms with Crippen LogP contribution < -0.4 is 11.1 Å². The SMILES string of the molecule is CC(C)(C)OC(=O)C(C)(C)O/N=C(\C(=O)NC1C(=O)N2C(C(=O)O)=C(CSc3nncs3)CS[C@H]12)c1nsc(N)n1. The largest absolute Gasteiger partial charge is 0.477 e. The molecule has 4 N–H and O–H groups in total. The maximum absolute atomic E-state index is 13.3. The van der Waals surface area contributed by atoms with Gasteiger partial charge in [0.1, 0.15) is 28.2 Å². The summed E-state index contributed by atoms with van der Waals surface area (Å²) in [5, 5.41) is 23.4. The fourth-order valence-corrected chi connectivity index (χ4v) is 6.90. The van der Waals surface area contributed by atoms with Gasteiger partial charge >= 0.3 is 11.9 Å². The Bertz CT molecular complexity index is 1420. The number of thioether (sulfide) groups is 2. The third kappa shape index (κ3) is 6.96. The molecule has 220 valence electrons. The Kier molecular flexibility index (Phi) is 8.90. The smallest absolute Gasteiger partial charge is 0.353 e. The molecule has 41 heavy (non-hydrogen) atoms. The van der Waals surface area contributed by atoms with Crippen molar-refractivity contribution in [2.24, 2.45) is 5.16 Å². The van der Waals surface area contributed by atoms with Gasteiger partial charge < -0.3 is 25.7 Å². The first kappa shape index (κ1) is 30.7. The molecule has 2 amide bonds. The van der Waals surface area contributed by atoms with Crippen molar-refractivity contribution in [3.8, 4) is 0 Å². The van der Waals surface area contributed by atoms with Gasteiger partial charge in [-0.2, -0.15) is 9.36 Å². The molecule has 2 atom stereocenters. The Balaban J connectivity index is 1.51. The van der Waals surface area contributed by atoms with E-state index in [2.05, 4.69) is 30.0 Å². The minimum atomic E-state index is -1.59. The number of oxime groups is 1. The molecule has 1 fully saturated rings. The third-order valence-electron chi connectivity index (χ3n) is 5.37. The van der Waals surface area contributed by atoms with E-state index in [0.717, 1.165) is 16.4 Å². The van der Waals surface area contributed by atoms with Crippen LogP contribution in [-0.2, 0) is 28.8 Å². The van der Waals surface area contributed by atoms with Crippen LogP contribution in [0.2, 0.25) is 0 Å². The zero-order chi connectivity index (χ0) is 30.1. The van der Waals surface area contributed by atoms with Crippen LogP contribution in [-0.4, -0.2) is 93.1 Å². The van der Waals surface area contributed by atoms with Gasteiger partial charge in [-0.05, 0) is 40.2 Å². The Morgan fingerprint density at radius 2 is 2.02 bits per heavy atom. The van der Waals surface area contributed by atoms with E-state index in [1.165, 1.54) is 48.7 Å². The molecule has 19 heteroatoms. The number of rotatable bonds is 10. The number of aliphatic carboxylic acids is 1. The summed E-state index contributed by atoms with van der Waals surface area (Å²) in [6.45, 7) is 7.90. The maximum atomic E-state index is 13.3. The molecule has 0 spiro atoms. The normalized spacial score (nSPS) is 19.4. The van der Waals surface area contributed by atoms with Gasteiger partial charge in [-0.1, -0.05) is 28.3 Å². The Morgan fingerprint density at radius 1 is 1.29 bits per heavy atom. The Hall–Kier alpha value is -3.29. The number of nitrogens with two attached hydrogens (primary N) is 1. The number of amides is 2. The number of fused-ring (bicyclic) bond motifs is 1. The van der Waals surface area contributed by atoms with Crippen molar-refractivity contribution in [1.82, 2.24) is 29.8 Å². The van der Waals surface area contributed by atoms with E-state index >= 15 is 0 Å². The molecule has 0 saturated carbocycles. The summed E-state index contributed by atoms with van der Waals surface area (Å²) in [7, 11) is 0. The molecule has 2 aliphatic rings. The molecule has 0 aliphatic carbocycles. The summed E-state index contributed by atoms with van der Waals surface area (Å²) < 4.78 is 10.0. The second-order valence-electron chi connectivity index (χ2n) is 10.1. The van der Waals surface area contributed by atoms with E-state index in [0.29, 0.717) is 21.4 Å². The van der Waals surface area contributed by atoms with Crippen molar-refractivity contribution < 1.29 is 33.9 Å². The number of carbonyl (C=O) groups excluding carboxylic acids is 3. The van der Waals surface area contributed by atoms with Crippen molar-refractivity contribution in [2.75, 3.05) is 17.2 Å². The van der Waals surface area contributed by atoms with Crippen molar-refractivity contribution in [2.45, 2.75) is 61.6 Å². The molecule has 15 nitrogen and oxygen atoms in total. The van der Waals surface area contributed by atoms with Crippen molar-refractivity contribution in [1.29, 1.82) is 0 Å². The predicted molar refractivity (Wildman–Crippen MR) is 152 cm³/mol. The molecule has 2 aliphatic heterocycles. The van der Waals surface area contributed by atoms with Gasteiger partial charge in [-0.25, -0.2) is 9.59 Å². The van der Waals surface area contributed by atoms with E-state index in [9.17, 15) is 24.3 Å². The van der Waals surface area contributed by atoms with Gasteiger partial charge in [0.05, 0.1) is 0 Å². The molecule has 4 heterocycles. The molecule has 2 aromatic heterocycles. The topological polar surface area (TPSA) is 212 Å². The Labute approximate surface area is 250 Å². The second-order valence-corrected chi connectivity index (χ2v) is 14.1. The van der Waals surface area contributed by atoms with Gasteiger partial charge in [0.25, 0.3) is 11.8 Å². The standard InChI is InChI=1S/C22H26N8O7S4/c1-21(2,3)36-18(35)22(4,5)37-28-10(13-26-19(23)41-29-13)14(31)25-11-15(32)30-12(17(33)34)9(6-38-16(11)30)7-39-20-27-24-8-40-20/h8,11,16H,6-7H2,1-5H3,(H,25,31)(H,33,34)(H2,23,26,29)/b28-10-/t11?,16-/m1/s1. The number of hydrogen-bond acceptors (Lipinski definition) is 16. The fourth-order valence-electron chi connectivity index (χ4n) is 3.49. The number of nitrogens with one attached hydrogen (secondary N) is 1. The number of carboxylic acid groups (broad SMARTS) is 1. The van der Waals surface area contributed by atoms with Crippen LogP contribution in [0, 0.1) is 0 Å². The fraction of sp³-hybridized carbons (Fsp3) is 0.500. The first-order chi connectivity index (χ1) is 19.2. The van der Waals surface area contributed by atoms with Crippen LogP contribution in [0.5, 0.6) is 0 Å². The molecule has 1 unspecified atom stereocenters. The van der Waals surface area contributed by atoms with Gasteiger partial charge in [0.15, 0.2) is 9.47 Å². The highest BCUT2D eigenvalue weighted by Gasteiger charge is 2.54. The lowest BCUT2D eigenvalue weighted by molar-refractivity contribution is -0.179. The molecule has 2 aromatic rings. The molecular formula is C22H26N8O7S4. The second kappa shape index (κ2) is 11.9. The molecule has 0 aromatic carbocycles. The number of nitrogen functional groups attached to an aromatic ring is 1. The molecule has 1 saturated heterocycles. The van der Waals surface area contributed by atoms with Crippen molar-refractivity contribution in [3.05, 3.63) is 22.6 Å². The first-order valence-electron chi connectivity index (χ1n) is 11.9. The zero-order valence-electron chi connectivity index (χ0n) is 22.4. The lowest BCUT2D eigenvalue weighted by Gasteiger charge is -2.49. The third-order valence-corrected chi connectivity index (χ3v) is 9.20. The number of aromatic nitrogens is 4. The number of hydrogen-bond donors (Lipinski definition) is 3. The van der Waals surface area contributed by atoms with E-state index in [1.54, 1.807) is 26.3 Å².